The van der Waals surface area contributed by atoms with Crippen molar-refractivity contribution in [1.29, 1.82) is 0 Å². The smallest absolute Gasteiger partial charge is 0.267 e. The molecule has 0 aliphatic carbocycles. The first-order chi connectivity index (χ1) is 11.8. The lowest BCUT2D eigenvalue weighted by atomic mass is 10.0. The highest BCUT2D eigenvalue weighted by atomic mass is 32.2. The van der Waals surface area contributed by atoms with Crippen LogP contribution >= 0.6 is 0 Å². The summed E-state index contributed by atoms with van der Waals surface area (Å²) in [5, 5.41) is 8.31. The van der Waals surface area contributed by atoms with Gasteiger partial charge in [0.15, 0.2) is 9.84 Å². The third kappa shape index (κ3) is 4.25. The molecule has 1 unspecified atom stereocenters. The van der Waals surface area contributed by atoms with Crippen LogP contribution in [0.15, 0.2) is 35.4 Å². The molecule has 1 atom stereocenters. The van der Waals surface area contributed by atoms with Gasteiger partial charge in [-0.1, -0.05) is 30.3 Å². The molecule has 1 aromatic rings. The first-order valence-electron chi connectivity index (χ1n) is 8.21. The van der Waals surface area contributed by atoms with Crippen molar-refractivity contribution >= 4 is 27.4 Å². The van der Waals surface area contributed by atoms with Gasteiger partial charge in [-0.15, -0.1) is 0 Å². The van der Waals surface area contributed by atoms with Gasteiger partial charge >= 0.3 is 0 Å². The predicted octanol–water partition coefficient (Wildman–Crippen LogP) is 0.858. The standard InChI is InChI=1S/C17H21N3O4S/c1-17(9-10-25(23,24)12-17)18-16(22)14-7-8-15(21)20(19-14)11-13-5-3-2-4-6-13/h2-6H,7-12H2,1H3,(H,18,22). The van der Waals surface area contributed by atoms with Crippen LogP contribution in [0.3, 0.4) is 0 Å². The van der Waals surface area contributed by atoms with Gasteiger partial charge in [0.1, 0.15) is 5.71 Å². The SMILES string of the molecule is CC1(NC(=O)C2=NN(Cc3ccccc3)C(=O)CC2)CCS(=O)(=O)C1. The highest BCUT2D eigenvalue weighted by molar-refractivity contribution is 7.91. The first kappa shape index (κ1) is 17.6. The number of hydrazone groups is 1. The largest absolute Gasteiger partial charge is 0.345 e. The number of sulfone groups is 1. The predicted molar refractivity (Wildman–Crippen MR) is 93.5 cm³/mol. The van der Waals surface area contributed by atoms with E-state index in [0.717, 1.165) is 5.56 Å². The number of carbonyl (C=O) groups is 2. The van der Waals surface area contributed by atoms with Crippen molar-refractivity contribution < 1.29 is 18.0 Å². The first-order valence-corrected chi connectivity index (χ1v) is 10.0. The van der Waals surface area contributed by atoms with Crippen LogP contribution in [0.2, 0.25) is 0 Å². The fourth-order valence-corrected chi connectivity index (χ4v) is 5.19. The second-order valence-corrected chi connectivity index (χ2v) is 9.02. The topological polar surface area (TPSA) is 95.9 Å². The molecule has 134 valence electrons. The summed E-state index contributed by atoms with van der Waals surface area (Å²) >= 11 is 0. The molecule has 3 rings (SSSR count). The number of carbonyl (C=O) groups excluding carboxylic acids is 2. The normalized spacial score (nSPS) is 25.6. The summed E-state index contributed by atoms with van der Waals surface area (Å²) in [6.45, 7) is 2.04. The van der Waals surface area contributed by atoms with Gasteiger partial charge in [0.2, 0.25) is 5.91 Å². The van der Waals surface area contributed by atoms with E-state index in [1.807, 2.05) is 30.3 Å². The van der Waals surface area contributed by atoms with E-state index in [2.05, 4.69) is 10.4 Å². The minimum Gasteiger partial charge on any atom is -0.345 e. The summed E-state index contributed by atoms with van der Waals surface area (Å²) in [6, 6.07) is 9.42. The molecule has 0 bridgehead atoms. The lowest BCUT2D eigenvalue weighted by Gasteiger charge is -2.27. The van der Waals surface area contributed by atoms with E-state index in [1.165, 1.54) is 5.01 Å². The van der Waals surface area contributed by atoms with E-state index in [9.17, 15) is 18.0 Å². The number of hydrogen-bond acceptors (Lipinski definition) is 5. The van der Waals surface area contributed by atoms with E-state index in [4.69, 9.17) is 0 Å². The van der Waals surface area contributed by atoms with Crippen LogP contribution in [-0.4, -0.2) is 48.0 Å². The molecule has 1 saturated heterocycles. The number of rotatable bonds is 4. The minimum atomic E-state index is -3.11. The van der Waals surface area contributed by atoms with Crippen LogP contribution in [0.1, 0.15) is 31.7 Å². The summed E-state index contributed by atoms with van der Waals surface area (Å²) in [4.78, 5) is 24.6. The number of amides is 2. The highest BCUT2D eigenvalue weighted by Gasteiger charge is 2.40. The minimum absolute atomic E-state index is 0.0638. The Labute approximate surface area is 147 Å². The Hall–Kier alpha value is -2.22. The Morgan fingerprint density at radius 3 is 2.64 bits per heavy atom. The van der Waals surface area contributed by atoms with Gasteiger partial charge in [-0.05, 0) is 18.9 Å². The quantitative estimate of drug-likeness (QED) is 0.858. The van der Waals surface area contributed by atoms with Gasteiger partial charge in [-0.25, -0.2) is 13.4 Å². The molecular weight excluding hydrogens is 342 g/mol. The Bertz CT molecular complexity index is 820. The molecule has 0 spiro atoms. The average molecular weight is 363 g/mol. The second kappa shape index (κ2) is 6.59. The zero-order chi connectivity index (χ0) is 18.1. The van der Waals surface area contributed by atoms with Crippen molar-refractivity contribution in [1.82, 2.24) is 10.3 Å². The highest BCUT2D eigenvalue weighted by Crippen LogP contribution is 2.23. The molecule has 2 amide bonds. The third-order valence-corrected chi connectivity index (χ3v) is 6.36. The molecule has 0 saturated carbocycles. The zero-order valence-electron chi connectivity index (χ0n) is 14.1. The van der Waals surface area contributed by atoms with Crippen LogP contribution in [0.4, 0.5) is 0 Å². The molecule has 2 heterocycles. The van der Waals surface area contributed by atoms with Crippen LogP contribution < -0.4 is 5.32 Å². The summed E-state index contributed by atoms with van der Waals surface area (Å²) < 4.78 is 23.3. The van der Waals surface area contributed by atoms with Crippen LogP contribution in [0.5, 0.6) is 0 Å². The maximum Gasteiger partial charge on any atom is 0.267 e. The molecule has 1 aromatic carbocycles. The van der Waals surface area contributed by atoms with Crippen LogP contribution in [0, 0.1) is 0 Å². The molecule has 2 aliphatic heterocycles. The molecule has 1 N–H and O–H groups in total. The van der Waals surface area contributed by atoms with E-state index >= 15 is 0 Å². The Morgan fingerprint density at radius 1 is 1.28 bits per heavy atom. The van der Waals surface area contributed by atoms with E-state index < -0.39 is 21.3 Å². The van der Waals surface area contributed by atoms with Crippen molar-refractivity contribution in [2.24, 2.45) is 5.10 Å². The Kier molecular flexibility index (Phi) is 4.64. The fourth-order valence-electron chi connectivity index (χ4n) is 3.10. The van der Waals surface area contributed by atoms with Gasteiger partial charge in [0.25, 0.3) is 5.91 Å². The van der Waals surface area contributed by atoms with Gasteiger partial charge in [0.05, 0.1) is 23.6 Å². The lowest BCUT2D eigenvalue weighted by molar-refractivity contribution is -0.132. The summed E-state index contributed by atoms with van der Waals surface area (Å²) in [5.74, 6) is -0.513. The fraction of sp³-hybridized carbons (Fsp3) is 0.471. The van der Waals surface area contributed by atoms with E-state index in [0.29, 0.717) is 13.0 Å². The summed E-state index contributed by atoms with van der Waals surface area (Å²) in [7, 11) is -3.11. The lowest BCUT2D eigenvalue weighted by Crippen LogP contribution is -2.50. The van der Waals surface area contributed by atoms with Crippen molar-refractivity contribution in [3.63, 3.8) is 0 Å². The maximum absolute atomic E-state index is 12.5. The second-order valence-electron chi connectivity index (χ2n) is 6.84. The molecule has 25 heavy (non-hydrogen) atoms. The van der Waals surface area contributed by atoms with Gasteiger partial charge in [0, 0.05) is 12.8 Å². The van der Waals surface area contributed by atoms with Crippen molar-refractivity contribution in [3.8, 4) is 0 Å². The summed E-state index contributed by atoms with van der Waals surface area (Å²) in [6.07, 6.45) is 0.869. The monoisotopic (exact) mass is 363 g/mol. The van der Waals surface area contributed by atoms with E-state index in [-0.39, 0.29) is 36.0 Å². The molecule has 1 fully saturated rings. The van der Waals surface area contributed by atoms with E-state index in [1.54, 1.807) is 6.92 Å². The Balaban J connectivity index is 1.71. The van der Waals surface area contributed by atoms with Gasteiger partial charge < -0.3 is 5.32 Å². The number of nitrogens with zero attached hydrogens (tertiary/aromatic N) is 2. The van der Waals surface area contributed by atoms with Crippen LogP contribution in [0.25, 0.3) is 0 Å². The molecule has 0 aromatic heterocycles. The number of benzene rings is 1. The molecule has 2 aliphatic rings. The van der Waals surface area contributed by atoms with Crippen molar-refractivity contribution in [3.05, 3.63) is 35.9 Å². The zero-order valence-corrected chi connectivity index (χ0v) is 14.9. The van der Waals surface area contributed by atoms with Crippen molar-refractivity contribution in [2.45, 2.75) is 38.3 Å². The summed E-state index contributed by atoms with van der Waals surface area (Å²) in [5.41, 5.74) is 0.417. The average Bonchev–Trinajstić information content (AvgIpc) is 2.83. The molecule has 0 radical (unpaired) electrons. The van der Waals surface area contributed by atoms with Gasteiger partial charge in [-0.2, -0.15) is 5.10 Å². The maximum atomic E-state index is 12.5. The molecule has 7 nitrogen and oxygen atoms in total. The van der Waals surface area contributed by atoms with Crippen LogP contribution in [-0.2, 0) is 26.0 Å². The molecular formula is C17H21N3O4S. The third-order valence-electron chi connectivity index (χ3n) is 4.46. The number of nitrogens with one attached hydrogen (secondary N) is 1. The van der Waals surface area contributed by atoms with Crippen molar-refractivity contribution in [2.75, 3.05) is 11.5 Å². The molecule has 8 heteroatoms. The van der Waals surface area contributed by atoms with Gasteiger partial charge in [-0.3, -0.25) is 9.59 Å². The number of hydrogen-bond donors (Lipinski definition) is 1. The Morgan fingerprint density at radius 2 is 2.00 bits per heavy atom.